The Morgan fingerprint density at radius 2 is 1.68 bits per heavy atom. The molecule has 10 heteroatoms. The number of amides is 1. The smallest absolute Gasteiger partial charge is 0.264 e. The van der Waals surface area contributed by atoms with E-state index in [-0.39, 0.29) is 11.4 Å². The Morgan fingerprint density at radius 1 is 1.03 bits per heavy atom. The zero-order chi connectivity index (χ0) is 22.6. The van der Waals surface area contributed by atoms with Gasteiger partial charge in [-0.2, -0.15) is 0 Å². The monoisotopic (exact) mass is 476 g/mol. The number of carbonyl (C=O) groups is 1. The molecule has 1 aromatic heterocycles. The van der Waals surface area contributed by atoms with E-state index in [0.717, 1.165) is 31.1 Å². The molecule has 0 aliphatic heterocycles. The fourth-order valence-corrected chi connectivity index (χ4v) is 6.05. The van der Waals surface area contributed by atoms with Gasteiger partial charge in [-0.3, -0.25) is 14.4 Å². The lowest BCUT2D eigenvalue weighted by molar-refractivity contribution is -0.114. The average molecular weight is 477 g/mol. The molecule has 0 saturated carbocycles. The maximum atomic E-state index is 13.5. The third kappa shape index (κ3) is 5.84. The Morgan fingerprint density at radius 3 is 2.29 bits per heavy atom. The summed E-state index contributed by atoms with van der Waals surface area (Å²) in [6.45, 7) is 7.29. The number of carbonyl (C=O) groups excluding carboxylic acids is 1. The zero-order valence-electron chi connectivity index (χ0n) is 17.7. The number of sulfonamides is 1. The molecule has 0 aliphatic carbocycles. The van der Waals surface area contributed by atoms with Crippen molar-refractivity contribution in [2.24, 2.45) is 0 Å². The molecule has 0 atom stereocenters. The molecular weight excluding hydrogens is 452 g/mol. The van der Waals surface area contributed by atoms with Gasteiger partial charge in [0.1, 0.15) is 6.54 Å². The predicted molar refractivity (Wildman–Crippen MR) is 127 cm³/mol. The summed E-state index contributed by atoms with van der Waals surface area (Å²) < 4.78 is 28.8. The number of nitrogens with one attached hydrogen (secondary N) is 1. The number of thioether (sulfide) groups is 1. The standard InChI is InChI=1S/C21H24N4O3S3/c1-5-29-21-24-23-20(30-21)22-19(26)13-25(17-11-15(3)10-16(4)12-17)31(27,28)18-8-6-14(2)7-9-18/h6-12H,5,13H2,1-4H3,(H,22,23,26). The summed E-state index contributed by atoms with van der Waals surface area (Å²) in [7, 11) is -3.96. The second-order valence-electron chi connectivity index (χ2n) is 7.02. The van der Waals surface area contributed by atoms with Crippen molar-refractivity contribution in [2.75, 3.05) is 21.9 Å². The van der Waals surface area contributed by atoms with Gasteiger partial charge >= 0.3 is 0 Å². The molecule has 0 spiro atoms. The minimum absolute atomic E-state index is 0.127. The van der Waals surface area contributed by atoms with Crippen molar-refractivity contribution in [2.45, 2.75) is 36.9 Å². The Kier molecular flexibility index (Phi) is 7.34. The first-order valence-corrected chi connectivity index (χ1v) is 12.9. The van der Waals surface area contributed by atoms with Crippen molar-refractivity contribution in [3.05, 3.63) is 59.2 Å². The fourth-order valence-electron chi connectivity index (χ4n) is 2.98. The molecule has 1 N–H and O–H groups in total. The van der Waals surface area contributed by atoms with Crippen LogP contribution in [0.4, 0.5) is 10.8 Å². The predicted octanol–water partition coefficient (Wildman–Crippen LogP) is 4.41. The molecule has 31 heavy (non-hydrogen) atoms. The molecule has 7 nitrogen and oxygen atoms in total. The summed E-state index contributed by atoms with van der Waals surface area (Å²) in [5.41, 5.74) is 3.20. The number of aromatic nitrogens is 2. The van der Waals surface area contributed by atoms with Crippen molar-refractivity contribution in [1.82, 2.24) is 10.2 Å². The van der Waals surface area contributed by atoms with Crippen LogP contribution in [0.15, 0.2) is 51.7 Å². The number of aryl methyl sites for hydroxylation is 3. The lowest BCUT2D eigenvalue weighted by atomic mass is 10.1. The highest BCUT2D eigenvalue weighted by atomic mass is 32.2. The van der Waals surface area contributed by atoms with E-state index in [1.807, 2.05) is 33.8 Å². The third-order valence-electron chi connectivity index (χ3n) is 4.31. The lowest BCUT2D eigenvalue weighted by Gasteiger charge is -2.24. The van der Waals surface area contributed by atoms with Gasteiger partial charge < -0.3 is 0 Å². The second kappa shape index (κ2) is 9.80. The van der Waals surface area contributed by atoms with Crippen LogP contribution in [0.3, 0.4) is 0 Å². The van der Waals surface area contributed by atoms with E-state index >= 15 is 0 Å². The SMILES string of the molecule is CCSc1nnc(NC(=O)CN(c2cc(C)cc(C)c2)S(=O)(=O)c2ccc(C)cc2)s1. The molecule has 0 unspecified atom stereocenters. The maximum absolute atomic E-state index is 13.5. The Balaban J connectivity index is 1.93. The summed E-state index contributed by atoms with van der Waals surface area (Å²) in [5.74, 6) is 0.358. The Bertz CT molecular complexity index is 1150. The third-order valence-corrected chi connectivity index (χ3v) is 7.95. The van der Waals surface area contributed by atoms with Gasteiger partial charge in [0.05, 0.1) is 10.6 Å². The fraction of sp³-hybridized carbons (Fsp3) is 0.286. The van der Waals surface area contributed by atoms with Crippen LogP contribution < -0.4 is 9.62 Å². The molecule has 164 valence electrons. The van der Waals surface area contributed by atoms with Crippen molar-refractivity contribution in [3.8, 4) is 0 Å². The lowest BCUT2D eigenvalue weighted by Crippen LogP contribution is -2.38. The Labute approximate surface area is 191 Å². The number of anilines is 2. The molecule has 3 aromatic rings. The molecule has 2 aromatic carbocycles. The van der Waals surface area contributed by atoms with E-state index in [1.165, 1.54) is 23.1 Å². The number of rotatable bonds is 8. The van der Waals surface area contributed by atoms with Crippen molar-refractivity contribution in [1.29, 1.82) is 0 Å². The van der Waals surface area contributed by atoms with Gasteiger partial charge in [-0.15, -0.1) is 10.2 Å². The van der Waals surface area contributed by atoms with Crippen molar-refractivity contribution >= 4 is 49.8 Å². The van der Waals surface area contributed by atoms with Gasteiger partial charge in [0, 0.05) is 0 Å². The molecule has 0 fully saturated rings. The van der Waals surface area contributed by atoms with Crippen LogP contribution >= 0.6 is 23.1 Å². The summed E-state index contributed by atoms with van der Waals surface area (Å²) in [4.78, 5) is 12.9. The van der Waals surface area contributed by atoms with E-state index in [1.54, 1.807) is 36.4 Å². The first kappa shape index (κ1) is 23.2. The summed E-state index contributed by atoms with van der Waals surface area (Å²) in [6, 6.07) is 12.0. The molecule has 0 bridgehead atoms. The Hall–Kier alpha value is -2.43. The minimum Gasteiger partial charge on any atom is -0.299 e. The summed E-state index contributed by atoms with van der Waals surface area (Å²) in [6.07, 6.45) is 0. The van der Waals surface area contributed by atoms with Gasteiger partial charge in [0.2, 0.25) is 11.0 Å². The average Bonchev–Trinajstić information content (AvgIpc) is 3.12. The van der Waals surface area contributed by atoms with Gasteiger partial charge in [-0.25, -0.2) is 8.42 Å². The van der Waals surface area contributed by atoms with Crippen molar-refractivity contribution in [3.63, 3.8) is 0 Å². The van der Waals surface area contributed by atoms with E-state index in [9.17, 15) is 13.2 Å². The van der Waals surface area contributed by atoms with Crippen LogP contribution in [0, 0.1) is 20.8 Å². The maximum Gasteiger partial charge on any atom is 0.264 e. The highest BCUT2D eigenvalue weighted by Crippen LogP contribution is 2.27. The topological polar surface area (TPSA) is 92.3 Å². The zero-order valence-corrected chi connectivity index (χ0v) is 20.2. The van der Waals surface area contributed by atoms with Gasteiger partial charge in [0.15, 0.2) is 4.34 Å². The molecule has 0 saturated heterocycles. The van der Waals surface area contributed by atoms with Gasteiger partial charge in [-0.1, -0.05) is 53.8 Å². The highest BCUT2D eigenvalue weighted by Gasteiger charge is 2.28. The number of hydrogen-bond acceptors (Lipinski definition) is 7. The van der Waals surface area contributed by atoms with Crippen LogP contribution in [-0.2, 0) is 14.8 Å². The number of nitrogens with zero attached hydrogens (tertiary/aromatic N) is 3. The van der Waals surface area contributed by atoms with Gasteiger partial charge in [0.25, 0.3) is 10.0 Å². The van der Waals surface area contributed by atoms with Crippen LogP contribution in [0.2, 0.25) is 0 Å². The van der Waals surface area contributed by atoms with E-state index in [4.69, 9.17) is 0 Å². The second-order valence-corrected chi connectivity index (χ2v) is 11.4. The van der Waals surface area contributed by atoms with Crippen molar-refractivity contribution < 1.29 is 13.2 Å². The first-order valence-electron chi connectivity index (χ1n) is 9.63. The highest BCUT2D eigenvalue weighted by molar-refractivity contribution is 8.01. The van der Waals surface area contributed by atoms with E-state index in [0.29, 0.717) is 10.8 Å². The van der Waals surface area contributed by atoms with Gasteiger partial charge in [-0.05, 0) is 61.9 Å². The molecule has 0 radical (unpaired) electrons. The summed E-state index contributed by atoms with van der Waals surface area (Å²) >= 11 is 2.79. The largest absolute Gasteiger partial charge is 0.299 e. The first-order chi connectivity index (χ1) is 14.7. The quantitative estimate of drug-likeness (QED) is 0.382. The molecule has 1 amide bonds. The van der Waals surface area contributed by atoms with Crippen LogP contribution in [0.1, 0.15) is 23.6 Å². The van der Waals surface area contributed by atoms with E-state index in [2.05, 4.69) is 15.5 Å². The molecule has 3 rings (SSSR count). The number of hydrogen-bond donors (Lipinski definition) is 1. The summed E-state index contributed by atoms with van der Waals surface area (Å²) in [5, 5.41) is 11.0. The number of benzene rings is 2. The van der Waals surface area contributed by atoms with Crippen LogP contribution in [0.5, 0.6) is 0 Å². The van der Waals surface area contributed by atoms with E-state index < -0.39 is 15.9 Å². The normalized spacial score (nSPS) is 11.4. The molecular formula is C21H24N4O3S3. The van der Waals surface area contributed by atoms with Crippen LogP contribution in [0.25, 0.3) is 0 Å². The molecule has 1 heterocycles. The molecule has 0 aliphatic rings. The van der Waals surface area contributed by atoms with Crippen LogP contribution in [-0.4, -0.2) is 36.8 Å². The minimum atomic E-state index is -3.96.